The number of ether oxygens (including phenoxy) is 3. The van der Waals surface area contributed by atoms with Crippen molar-refractivity contribution in [1.29, 1.82) is 0 Å². The van der Waals surface area contributed by atoms with Gasteiger partial charge in [-0.1, -0.05) is 31.2 Å². The number of hydrogen-bond donors (Lipinski definition) is 0. The Hall–Kier alpha value is -4.07. The van der Waals surface area contributed by atoms with Crippen LogP contribution >= 0.6 is 0 Å². The highest BCUT2D eigenvalue weighted by Crippen LogP contribution is 2.32. The molecule has 0 fully saturated rings. The van der Waals surface area contributed by atoms with Gasteiger partial charge in [0.1, 0.15) is 24.8 Å². The third-order valence-corrected chi connectivity index (χ3v) is 5.71. The predicted molar refractivity (Wildman–Crippen MR) is 126 cm³/mol. The lowest BCUT2D eigenvalue weighted by molar-refractivity contribution is 0.0538. The molecular weight excluding hydrogens is 437 g/mol. The summed E-state index contributed by atoms with van der Waals surface area (Å²) < 4.78 is 33.9. The van der Waals surface area contributed by atoms with Crippen molar-refractivity contribution >= 4 is 17.4 Å². The number of rotatable bonds is 6. The normalized spacial score (nSPS) is 14.7. The molecule has 0 aliphatic carbocycles. The van der Waals surface area contributed by atoms with Gasteiger partial charge in [0, 0.05) is 13.2 Å². The molecular formula is C26H24FN3O4. The van der Waals surface area contributed by atoms with Gasteiger partial charge in [-0.15, -0.1) is 0 Å². The largest absolute Gasteiger partial charge is 0.486 e. The Bertz CT molecular complexity index is 1350. The van der Waals surface area contributed by atoms with Crippen molar-refractivity contribution in [2.24, 2.45) is 0 Å². The first-order valence-electron chi connectivity index (χ1n) is 11.1. The van der Waals surface area contributed by atoms with Crippen LogP contribution in [0.4, 0.5) is 10.2 Å². The maximum atomic E-state index is 14.3. The molecule has 0 radical (unpaired) electrons. The Morgan fingerprint density at radius 3 is 2.71 bits per heavy atom. The summed E-state index contributed by atoms with van der Waals surface area (Å²) in [5, 5.41) is 0. The highest BCUT2D eigenvalue weighted by Gasteiger charge is 2.25. The van der Waals surface area contributed by atoms with Crippen molar-refractivity contribution in [3.8, 4) is 17.2 Å². The number of anilines is 1. The van der Waals surface area contributed by atoms with Crippen LogP contribution in [0, 0.1) is 5.82 Å². The van der Waals surface area contributed by atoms with E-state index in [0.29, 0.717) is 47.4 Å². The first kappa shape index (κ1) is 21.8. The van der Waals surface area contributed by atoms with Gasteiger partial charge in [0.15, 0.2) is 29.0 Å². The molecule has 1 amide bonds. The molecule has 1 unspecified atom stereocenters. The fraction of sp³-hybridized carbons (Fsp3) is 0.231. The van der Waals surface area contributed by atoms with E-state index in [0.717, 1.165) is 0 Å². The monoisotopic (exact) mass is 461 g/mol. The van der Waals surface area contributed by atoms with Crippen molar-refractivity contribution in [2.45, 2.75) is 19.4 Å². The molecule has 2 aromatic carbocycles. The maximum Gasteiger partial charge on any atom is 0.262 e. The van der Waals surface area contributed by atoms with Gasteiger partial charge in [-0.25, -0.2) is 9.37 Å². The van der Waals surface area contributed by atoms with Crippen LogP contribution < -0.4 is 19.1 Å². The molecule has 7 nitrogen and oxygen atoms in total. The molecule has 1 aliphatic heterocycles. The van der Waals surface area contributed by atoms with E-state index in [9.17, 15) is 9.18 Å². The van der Waals surface area contributed by atoms with E-state index in [2.05, 4.69) is 0 Å². The fourth-order valence-electron chi connectivity index (χ4n) is 4.02. The second-order valence-corrected chi connectivity index (χ2v) is 7.95. The Morgan fingerprint density at radius 2 is 1.91 bits per heavy atom. The number of carbonyl (C=O) groups is 1. The summed E-state index contributed by atoms with van der Waals surface area (Å²) in [5.41, 5.74) is 1.28. The number of carbonyl (C=O) groups excluding carboxylic acids is 1. The van der Waals surface area contributed by atoms with Crippen LogP contribution in [0.15, 0.2) is 66.9 Å². The molecule has 0 spiro atoms. The summed E-state index contributed by atoms with van der Waals surface area (Å²) in [6.45, 7) is 2.60. The predicted octanol–water partition coefficient (Wildman–Crippen LogP) is 4.53. The van der Waals surface area contributed by atoms with Crippen LogP contribution in [0.2, 0.25) is 0 Å². The molecule has 0 N–H and O–H groups in total. The minimum atomic E-state index is -0.563. The van der Waals surface area contributed by atoms with Crippen molar-refractivity contribution < 1.29 is 23.4 Å². The summed E-state index contributed by atoms with van der Waals surface area (Å²) in [4.78, 5) is 19.2. The van der Waals surface area contributed by atoms with E-state index < -0.39 is 11.7 Å². The smallest absolute Gasteiger partial charge is 0.262 e. The van der Waals surface area contributed by atoms with Crippen LogP contribution in [-0.2, 0) is 6.42 Å². The van der Waals surface area contributed by atoms with Crippen LogP contribution in [0.3, 0.4) is 0 Å². The second-order valence-electron chi connectivity index (χ2n) is 7.95. The van der Waals surface area contributed by atoms with Crippen molar-refractivity contribution in [2.75, 3.05) is 25.2 Å². The quantitative estimate of drug-likeness (QED) is 0.422. The van der Waals surface area contributed by atoms with E-state index in [-0.39, 0.29) is 18.3 Å². The van der Waals surface area contributed by atoms with E-state index in [1.807, 2.05) is 49.5 Å². The minimum Gasteiger partial charge on any atom is -0.486 e. The number of aryl methyl sites for hydroxylation is 1. The highest BCUT2D eigenvalue weighted by atomic mass is 19.1. The van der Waals surface area contributed by atoms with Crippen LogP contribution in [0.5, 0.6) is 17.2 Å². The zero-order chi connectivity index (χ0) is 23.7. The lowest BCUT2D eigenvalue weighted by Gasteiger charge is -2.26. The summed E-state index contributed by atoms with van der Waals surface area (Å²) in [7, 11) is 1.62. The van der Waals surface area contributed by atoms with Gasteiger partial charge in [-0.05, 0) is 42.8 Å². The SMILES string of the molecule is CCc1nc2c(OCC3COc4ccccc4O3)cccn2c1N(C)C(=O)c1ccccc1F. The van der Waals surface area contributed by atoms with Crippen LogP contribution in [0.25, 0.3) is 5.65 Å². The van der Waals surface area contributed by atoms with Crippen LogP contribution in [-0.4, -0.2) is 41.7 Å². The molecule has 3 heterocycles. The first-order valence-corrected chi connectivity index (χ1v) is 11.1. The molecule has 0 saturated carbocycles. The van der Waals surface area contributed by atoms with Gasteiger partial charge >= 0.3 is 0 Å². The zero-order valence-corrected chi connectivity index (χ0v) is 18.9. The van der Waals surface area contributed by atoms with Gasteiger partial charge in [0.2, 0.25) is 0 Å². The average Bonchev–Trinajstić information content (AvgIpc) is 3.26. The lowest BCUT2D eigenvalue weighted by atomic mass is 10.2. The number of amides is 1. The number of hydrogen-bond acceptors (Lipinski definition) is 5. The third kappa shape index (κ3) is 3.91. The number of para-hydroxylation sites is 2. The molecule has 174 valence electrons. The molecule has 34 heavy (non-hydrogen) atoms. The summed E-state index contributed by atoms with van der Waals surface area (Å²) >= 11 is 0. The van der Waals surface area contributed by atoms with Gasteiger partial charge < -0.3 is 14.2 Å². The Labute approximate surface area is 196 Å². The average molecular weight is 461 g/mol. The highest BCUT2D eigenvalue weighted by molar-refractivity contribution is 6.06. The standard InChI is InChI=1S/C26H24FN3O4/c1-3-20-25(29(2)26(31)18-9-4-5-10-19(18)27)30-14-8-13-23(24(30)28-20)33-16-17-15-32-21-11-6-7-12-22(21)34-17/h4-14,17H,3,15-16H2,1-2H3. The van der Waals surface area contributed by atoms with Crippen molar-refractivity contribution in [3.05, 3.63) is 83.9 Å². The minimum absolute atomic E-state index is 0.00383. The van der Waals surface area contributed by atoms with Crippen molar-refractivity contribution in [1.82, 2.24) is 9.38 Å². The van der Waals surface area contributed by atoms with Gasteiger partial charge in [-0.2, -0.15) is 0 Å². The summed E-state index contributed by atoms with van der Waals surface area (Å²) in [6, 6.07) is 17.1. The molecule has 5 rings (SSSR count). The van der Waals surface area contributed by atoms with Gasteiger partial charge in [0.05, 0.1) is 11.3 Å². The molecule has 1 aliphatic rings. The number of aromatic nitrogens is 2. The number of imidazole rings is 1. The molecule has 8 heteroatoms. The third-order valence-electron chi connectivity index (χ3n) is 5.71. The van der Waals surface area contributed by atoms with E-state index in [1.54, 1.807) is 23.6 Å². The number of fused-ring (bicyclic) bond motifs is 2. The van der Waals surface area contributed by atoms with E-state index in [4.69, 9.17) is 19.2 Å². The van der Waals surface area contributed by atoms with E-state index >= 15 is 0 Å². The second kappa shape index (κ2) is 9.05. The molecule has 0 saturated heterocycles. The maximum absolute atomic E-state index is 14.3. The zero-order valence-electron chi connectivity index (χ0n) is 18.9. The molecule has 2 aromatic heterocycles. The molecule has 4 aromatic rings. The fourth-order valence-corrected chi connectivity index (χ4v) is 4.02. The molecule has 0 bridgehead atoms. The first-order chi connectivity index (χ1) is 16.6. The number of nitrogens with zero attached hydrogens (tertiary/aromatic N) is 3. The van der Waals surface area contributed by atoms with Gasteiger partial charge in [0.25, 0.3) is 5.91 Å². The Morgan fingerprint density at radius 1 is 1.15 bits per heavy atom. The topological polar surface area (TPSA) is 65.3 Å². The van der Waals surface area contributed by atoms with Gasteiger partial charge in [-0.3, -0.25) is 14.1 Å². The number of pyridine rings is 1. The molecule has 1 atom stereocenters. The summed E-state index contributed by atoms with van der Waals surface area (Å²) in [5.74, 6) is 1.51. The number of benzene rings is 2. The number of halogens is 1. The van der Waals surface area contributed by atoms with Crippen LogP contribution in [0.1, 0.15) is 23.0 Å². The van der Waals surface area contributed by atoms with Crippen molar-refractivity contribution in [3.63, 3.8) is 0 Å². The Balaban J connectivity index is 1.41. The lowest BCUT2D eigenvalue weighted by Crippen LogP contribution is -2.34. The van der Waals surface area contributed by atoms with E-state index in [1.165, 1.54) is 17.0 Å². The Kier molecular flexibility index (Phi) is 5.79. The summed E-state index contributed by atoms with van der Waals surface area (Å²) in [6.07, 6.45) is 2.12.